The van der Waals surface area contributed by atoms with E-state index in [4.69, 9.17) is 4.42 Å². The van der Waals surface area contributed by atoms with Crippen LogP contribution in [0.3, 0.4) is 0 Å². The zero-order chi connectivity index (χ0) is 39.0. The molecule has 8 rings (SSSR count). The van der Waals surface area contributed by atoms with Crippen molar-refractivity contribution in [2.45, 2.75) is 103 Å². The molecule has 10 nitrogen and oxygen atoms in total. The molecule has 55 heavy (non-hydrogen) atoms. The van der Waals surface area contributed by atoms with Crippen molar-refractivity contribution >= 4 is 22.8 Å². The van der Waals surface area contributed by atoms with Gasteiger partial charge in [0.15, 0.2) is 5.43 Å². The van der Waals surface area contributed by atoms with Crippen molar-refractivity contribution in [1.29, 1.82) is 0 Å². The molecule has 5 aliphatic carbocycles. The van der Waals surface area contributed by atoms with E-state index >= 15 is 0 Å². The molecule has 10 heteroatoms. The van der Waals surface area contributed by atoms with Crippen LogP contribution in [-0.2, 0) is 11.3 Å². The molecule has 292 valence electrons. The molecule has 0 unspecified atom stereocenters. The van der Waals surface area contributed by atoms with Crippen LogP contribution in [0.5, 0.6) is 5.75 Å². The summed E-state index contributed by atoms with van der Waals surface area (Å²) in [5.74, 6) is -0.0359. The third kappa shape index (κ3) is 6.16. The van der Waals surface area contributed by atoms with E-state index in [1.165, 1.54) is 24.3 Å². The molecule has 2 aromatic rings. The van der Waals surface area contributed by atoms with Gasteiger partial charge in [-0.25, -0.2) is 4.79 Å². The normalized spacial score (nSPS) is 33.4. The Kier molecular flexibility index (Phi) is 9.62. The van der Waals surface area contributed by atoms with E-state index < -0.39 is 18.2 Å². The van der Waals surface area contributed by atoms with Crippen LogP contribution in [0, 0.1) is 46.3 Å². The van der Waals surface area contributed by atoms with Gasteiger partial charge in [0.25, 0.3) is 0 Å². The smallest absolute Gasteiger partial charge is 0.336 e. The number of phenolic OH excluding ortho intramolecular Hbond substituents is 1. The highest BCUT2D eigenvalue weighted by Crippen LogP contribution is 2.68. The van der Waals surface area contributed by atoms with E-state index in [1.54, 1.807) is 30.3 Å². The molecule has 1 aliphatic heterocycles. The van der Waals surface area contributed by atoms with E-state index in [0.717, 1.165) is 32.1 Å². The van der Waals surface area contributed by atoms with Gasteiger partial charge < -0.3 is 35.3 Å². The topological polar surface area (TPSA) is 178 Å². The van der Waals surface area contributed by atoms with Crippen LogP contribution in [0.15, 0.2) is 63.8 Å². The summed E-state index contributed by atoms with van der Waals surface area (Å²) < 4.78 is 6.24. The second-order valence-corrected chi connectivity index (χ2v) is 17.7. The molecule has 0 saturated heterocycles. The van der Waals surface area contributed by atoms with Crippen molar-refractivity contribution in [3.63, 3.8) is 0 Å². The number of fused-ring (bicyclic) bond motifs is 7. The number of amides is 1. The summed E-state index contributed by atoms with van der Waals surface area (Å²) in [5, 5.41) is 58.6. The third-order valence-corrected chi connectivity index (χ3v) is 15.2. The molecule has 4 fully saturated rings. The lowest BCUT2D eigenvalue weighted by atomic mass is 9.43. The summed E-state index contributed by atoms with van der Waals surface area (Å²) in [6.07, 6.45) is 5.30. The zero-order valence-electron chi connectivity index (χ0n) is 31.8. The van der Waals surface area contributed by atoms with Crippen LogP contribution in [0.2, 0.25) is 0 Å². The number of hydrogen-bond acceptors (Lipinski definition) is 8. The molecular weight excluding hydrogens is 698 g/mol. The van der Waals surface area contributed by atoms with Gasteiger partial charge in [-0.05, 0) is 134 Å². The lowest BCUT2D eigenvalue weighted by Gasteiger charge is -2.63. The van der Waals surface area contributed by atoms with Crippen LogP contribution in [0.25, 0.3) is 33.4 Å². The fraction of sp³-hybridized carbons (Fsp3) is 0.533. The summed E-state index contributed by atoms with van der Waals surface area (Å²) in [6, 6.07) is 14.1. The first-order valence-electron chi connectivity index (χ1n) is 20.1. The van der Waals surface area contributed by atoms with E-state index in [1.807, 2.05) is 0 Å². The van der Waals surface area contributed by atoms with Crippen molar-refractivity contribution in [2.24, 2.45) is 46.3 Å². The van der Waals surface area contributed by atoms with Gasteiger partial charge in [-0.15, -0.1) is 0 Å². The van der Waals surface area contributed by atoms with E-state index in [9.17, 15) is 39.9 Å². The number of carbonyl (C=O) groups is 2. The van der Waals surface area contributed by atoms with Crippen LogP contribution >= 0.6 is 0 Å². The second-order valence-electron chi connectivity index (χ2n) is 17.7. The maximum absolute atomic E-state index is 13.5. The number of phenols is 1. The molecule has 1 heterocycles. The highest BCUT2D eigenvalue weighted by molar-refractivity contribution is 6.08. The molecule has 2 aromatic carbocycles. The molecule has 6 N–H and O–H groups in total. The van der Waals surface area contributed by atoms with Crippen molar-refractivity contribution in [3.05, 3.63) is 75.9 Å². The lowest BCUT2D eigenvalue weighted by molar-refractivity contribution is -0.207. The van der Waals surface area contributed by atoms with Gasteiger partial charge in [-0.2, -0.15) is 0 Å². The molecule has 1 amide bonds. The fourth-order valence-corrected chi connectivity index (χ4v) is 12.3. The first-order valence-corrected chi connectivity index (χ1v) is 20.1. The minimum absolute atomic E-state index is 0.00955. The Morgan fingerprint density at radius 2 is 1.73 bits per heavy atom. The van der Waals surface area contributed by atoms with E-state index in [2.05, 4.69) is 26.1 Å². The lowest BCUT2D eigenvalue weighted by Crippen LogP contribution is -2.62. The molecular formula is C45H53NO9. The van der Waals surface area contributed by atoms with Gasteiger partial charge in [0, 0.05) is 29.0 Å². The molecule has 0 radical (unpaired) electrons. The number of aliphatic hydroxyl groups excluding tert-OH is 3. The van der Waals surface area contributed by atoms with Crippen LogP contribution < -0.4 is 10.7 Å². The standard InChI is InChI=1S/C45H53NO9/c1-23(32-12-13-33-41-34(21-38(51)45(32,33)3)44(2)17-16-26(48)18-24(44)19-36(41)50)8-15-39(52)46-22-31-35(49)14-11-30-40(27-6-4-5-7-28(27)43(53)54)29-10-9-25(47)20-37(29)55-42(30)31/h4-7,9-11,14,20,23-24,26,32-34,36,38,41,48-51H,8,12-13,15-19,21-22H2,1-3H3,(H,46,52)(H,53,54)/t23-,24+,26-,32-,33+,34+,36-,38+,41+,44+,45-/m1/s1. The van der Waals surface area contributed by atoms with Crippen molar-refractivity contribution in [3.8, 4) is 28.2 Å². The van der Waals surface area contributed by atoms with Crippen LogP contribution in [0.4, 0.5) is 0 Å². The Bertz CT molecular complexity index is 2160. The van der Waals surface area contributed by atoms with Crippen molar-refractivity contribution < 1.29 is 39.5 Å². The number of aromatic hydroxyl groups is 1. The highest BCUT2D eigenvalue weighted by Gasteiger charge is 2.65. The highest BCUT2D eigenvalue weighted by atomic mass is 16.4. The molecule has 0 aromatic heterocycles. The number of benzene rings is 3. The molecule has 11 atom stereocenters. The molecule has 0 spiro atoms. The largest absolute Gasteiger partial charge is 0.507 e. The Labute approximate surface area is 320 Å². The number of aromatic carboxylic acids is 1. The number of carbonyl (C=O) groups excluding carboxylic acids is 1. The number of carboxylic acids is 1. The van der Waals surface area contributed by atoms with Crippen LogP contribution in [-0.4, -0.2) is 55.7 Å². The predicted octanol–water partition coefficient (Wildman–Crippen LogP) is 6.96. The number of carboxylic acid groups (broad SMARTS) is 1. The average Bonchev–Trinajstić information content (AvgIpc) is 3.51. The minimum Gasteiger partial charge on any atom is -0.507 e. The summed E-state index contributed by atoms with van der Waals surface area (Å²) in [7, 11) is 0. The Hall–Kier alpha value is -4.25. The quantitative estimate of drug-likeness (QED) is 0.104. The zero-order valence-corrected chi connectivity index (χ0v) is 31.8. The number of aliphatic hydroxyl groups is 3. The second kappa shape index (κ2) is 14.0. The molecule has 0 bridgehead atoms. The summed E-state index contributed by atoms with van der Waals surface area (Å²) in [6.45, 7) is 6.67. The molecule has 4 saturated carbocycles. The maximum Gasteiger partial charge on any atom is 0.336 e. The minimum atomic E-state index is -1.11. The van der Waals surface area contributed by atoms with Gasteiger partial charge in [0.05, 0.1) is 36.0 Å². The van der Waals surface area contributed by atoms with Crippen molar-refractivity contribution in [2.75, 3.05) is 0 Å². The molecule has 6 aliphatic rings. The van der Waals surface area contributed by atoms with Gasteiger partial charge >= 0.3 is 5.97 Å². The number of nitrogens with one attached hydrogen (secondary N) is 1. The predicted molar refractivity (Wildman–Crippen MR) is 207 cm³/mol. The van der Waals surface area contributed by atoms with Gasteiger partial charge in [-0.1, -0.05) is 39.0 Å². The Balaban J connectivity index is 0.998. The SMILES string of the molecule is C[C@H](CCC(=O)NCc1c(O)ccc2c(-c3ccccc3C(=O)O)c3ccc(=O)cc-3oc12)[C@H]1CC[C@H]2[C@@H]3[C@H](O)C[C@@H]4C[C@H](O)CC[C@]4(C)[C@H]3C[C@H](O)[C@]12C. The monoisotopic (exact) mass is 751 g/mol. The Morgan fingerprint density at radius 3 is 2.51 bits per heavy atom. The van der Waals surface area contributed by atoms with Gasteiger partial charge in [0.2, 0.25) is 5.91 Å². The van der Waals surface area contributed by atoms with E-state index in [-0.39, 0.29) is 99.4 Å². The first kappa shape index (κ1) is 37.7. The van der Waals surface area contributed by atoms with E-state index in [0.29, 0.717) is 46.9 Å². The van der Waals surface area contributed by atoms with Gasteiger partial charge in [-0.3, -0.25) is 9.59 Å². The van der Waals surface area contributed by atoms with Crippen molar-refractivity contribution in [1.82, 2.24) is 5.32 Å². The first-order chi connectivity index (χ1) is 26.2. The average molecular weight is 752 g/mol. The summed E-state index contributed by atoms with van der Waals surface area (Å²) >= 11 is 0. The fourth-order valence-electron chi connectivity index (χ4n) is 12.3. The summed E-state index contributed by atoms with van der Waals surface area (Å²) in [4.78, 5) is 38.1. The Morgan fingerprint density at radius 1 is 0.945 bits per heavy atom. The van der Waals surface area contributed by atoms with Gasteiger partial charge in [0.1, 0.15) is 17.1 Å². The number of hydrogen-bond donors (Lipinski definition) is 6. The maximum atomic E-state index is 13.5. The number of rotatable bonds is 8. The summed E-state index contributed by atoms with van der Waals surface area (Å²) in [5.41, 5.74) is 1.50. The van der Waals surface area contributed by atoms with Crippen LogP contribution in [0.1, 0.15) is 94.5 Å². The third-order valence-electron chi connectivity index (χ3n) is 15.2.